The van der Waals surface area contributed by atoms with Crippen molar-refractivity contribution in [3.8, 4) is 11.5 Å². The fraction of sp³-hybridized carbons (Fsp3) is 0.391. The molecule has 2 rings (SSSR count). The number of sulfonamides is 1. The fourth-order valence-electron chi connectivity index (χ4n) is 3.02. The number of carbonyl (C=O) groups is 1. The maximum atomic E-state index is 12.8. The van der Waals surface area contributed by atoms with Crippen LogP contribution in [0.5, 0.6) is 11.5 Å². The topological polar surface area (TPSA) is 106 Å². The molecule has 0 saturated heterocycles. The molecule has 8 nitrogen and oxygen atoms in total. The first-order valence-corrected chi connectivity index (χ1v) is 13.1. The van der Waals surface area contributed by atoms with Gasteiger partial charge < -0.3 is 9.47 Å². The lowest BCUT2D eigenvalue weighted by molar-refractivity contribution is -0.123. The summed E-state index contributed by atoms with van der Waals surface area (Å²) in [4.78, 5) is 12.9. The molecule has 0 radical (unpaired) electrons. The maximum Gasteiger partial charge on any atom is 0.258 e. The van der Waals surface area contributed by atoms with Crippen molar-refractivity contribution in [1.82, 2.24) is 10.1 Å². The Labute approximate surface area is 209 Å². The van der Waals surface area contributed by atoms with E-state index in [2.05, 4.69) is 37.8 Å². The van der Waals surface area contributed by atoms with Crippen LogP contribution in [0.25, 0.3) is 0 Å². The summed E-state index contributed by atoms with van der Waals surface area (Å²) in [6.45, 7) is 8.05. The van der Waals surface area contributed by atoms with Crippen LogP contribution >= 0.6 is 22.6 Å². The maximum absolute atomic E-state index is 12.8. The second-order valence-electron chi connectivity index (χ2n) is 7.82. The summed E-state index contributed by atoms with van der Waals surface area (Å²) < 4.78 is 39.9. The molecule has 2 aromatic rings. The van der Waals surface area contributed by atoms with Gasteiger partial charge in [-0.25, -0.2) is 13.8 Å². The first-order chi connectivity index (χ1) is 15.6. The van der Waals surface area contributed by atoms with Crippen LogP contribution in [0.15, 0.2) is 46.4 Å². The highest BCUT2D eigenvalue weighted by Gasteiger charge is 2.26. The lowest BCUT2D eigenvalue weighted by atomic mass is 10.0. The number of nitrogens with one attached hydrogen (secondary N) is 2. The third-order valence-electron chi connectivity index (χ3n) is 4.58. The van der Waals surface area contributed by atoms with Crippen molar-refractivity contribution in [2.75, 3.05) is 13.7 Å². The molecule has 180 valence electrons. The largest absolute Gasteiger partial charge is 0.492 e. The molecular formula is C23H30IN3O5S. The molecule has 33 heavy (non-hydrogen) atoms. The molecule has 0 aliphatic heterocycles. The summed E-state index contributed by atoms with van der Waals surface area (Å²) in [5, 5.41) is 4.02. The van der Waals surface area contributed by atoms with Crippen LogP contribution in [0, 0.1) is 16.4 Å². The Hall–Kier alpha value is -2.18. The van der Waals surface area contributed by atoms with E-state index < -0.39 is 22.0 Å². The van der Waals surface area contributed by atoms with E-state index in [0.29, 0.717) is 30.1 Å². The third kappa shape index (κ3) is 7.97. The number of halogens is 1. The molecule has 0 saturated carbocycles. The third-order valence-corrected chi connectivity index (χ3v) is 6.87. The monoisotopic (exact) mass is 587 g/mol. The van der Waals surface area contributed by atoms with Gasteiger partial charge in [0.1, 0.15) is 6.04 Å². The van der Waals surface area contributed by atoms with Gasteiger partial charge in [-0.3, -0.25) is 4.79 Å². The summed E-state index contributed by atoms with van der Waals surface area (Å²) in [6.07, 6.45) is 1.80. The molecule has 0 bridgehead atoms. The Kier molecular flexibility index (Phi) is 10.1. The molecule has 0 unspecified atom stereocenters. The second-order valence-corrected chi connectivity index (χ2v) is 10.7. The number of aryl methyl sites for hydroxylation is 1. The molecule has 0 aliphatic carbocycles. The van der Waals surface area contributed by atoms with Crippen molar-refractivity contribution < 1.29 is 22.7 Å². The number of nitrogens with zero attached hydrogens (tertiary/aromatic N) is 1. The van der Waals surface area contributed by atoms with Crippen molar-refractivity contribution in [2.24, 2.45) is 11.0 Å². The van der Waals surface area contributed by atoms with E-state index in [4.69, 9.17) is 9.47 Å². The SMILES string of the molecule is CCOc1cc(/C=N\NC(=O)[C@H](CC(C)C)NS(=O)(=O)c2ccc(C)cc2)cc(I)c1OC. The number of hydrazone groups is 1. The van der Waals surface area contributed by atoms with E-state index in [-0.39, 0.29) is 10.8 Å². The quantitative estimate of drug-likeness (QED) is 0.236. The highest BCUT2D eigenvalue weighted by atomic mass is 127. The van der Waals surface area contributed by atoms with Gasteiger partial charge in [0, 0.05) is 0 Å². The summed E-state index contributed by atoms with van der Waals surface area (Å²) >= 11 is 2.13. The number of rotatable bonds is 11. The minimum absolute atomic E-state index is 0.0855. The van der Waals surface area contributed by atoms with Gasteiger partial charge in [0.25, 0.3) is 5.91 Å². The summed E-state index contributed by atoms with van der Waals surface area (Å²) in [7, 11) is -2.29. The van der Waals surface area contributed by atoms with E-state index in [9.17, 15) is 13.2 Å². The van der Waals surface area contributed by atoms with Crippen LogP contribution in [0.4, 0.5) is 0 Å². The molecule has 10 heteroatoms. The van der Waals surface area contributed by atoms with Crippen molar-refractivity contribution in [3.63, 3.8) is 0 Å². The normalized spacial score (nSPS) is 12.7. The molecule has 0 aromatic heterocycles. The van der Waals surface area contributed by atoms with Crippen molar-refractivity contribution in [1.29, 1.82) is 0 Å². The van der Waals surface area contributed by atoms with Gasteiger partial charge in [0.05, 0.1) is 28.4 Å². The number of carbonyl (C=O) groups excluding carboxylic acids is 1. The zero-order chi connectivity index (χ0) is 24.6. The van der Waals surface area contributed by atoms with Gasteiger partial charge in [-0.2, -0.15) is 9.82 Å². The van der Waals surface area contributed by atoms with Crippen molar-refractivity contribution in [3.05, 3.63) is 51.1 Å². The minimum Gasteiger partial charge on any atom is -0.492 e. The number of benzene rings is 2. The van der Waals surface area contributed by atoms with Crippen LogP contribution in [-0.4, -0.2) is 40.3 Å². The predicted octanol–water partition coefficient (Wildman–Crippen LogP) is 3.85. The fourth-order valence-corrected chi connectivity index (χ4v) is 5.08. The Morgan fingerprint density at radius 1 is 1.21 bits per heavy atom. The van der Waals surface area contributed by atoms with Gasteiger partial charge in [-0.05, 0) is 78.6 Å². The summed E-state index contributed by atoms with van der Waals surface area (Å²) in [5.74, 6) is 0.746. The van der Waals surface area contributed by atoms with Crippen LogP contribution < -0.4 is 19.6 Å². The van der Waals surface area contributed by atoms with Gasteiger partial charge >= 0.3 is 0 Å². The van der Waals surface area contributed by atoms with Gasteiger partial charge in [-0.15, -0.1) is 0 Å². The van der Waals surface area contributed by atoms with Gasteiger partial charge in [0.15, 0.2) is 11.5 Å². The Balaban J connectivity index is 2.17. The smallest absolute Gasteiger partial charge is 0.258 e. The van der Waals surface area contributed by atoms with Gasteiger partial charge in [0.2, 0.25) is 10.0 Å². The average Bonchev–Trinajstić information content (AvgIpc) is 2.73. The summed E-state index contributed by atoms with van der Waals surface area (Å²) in [6, 6.07) is 9.08. The van der Waals surface area contributed by atoms with E-state index >= 15 is 0 Å². The first-order valence-electron chi connectivity index (χ1n) is 10.5. The number of methoxy groups -OCH3 is 1. The molecule has 2 N–H and O–H groups in total. The molecule has 2 aromatic carbocycles. The lowest BCUT2D eigenvalue weighted by Crippen LogP contribution is -2.46. The second kappa shape index (κ2) is 12.3. The van der Waals surface area contributed by atoms with Crippen molar-refractivity contribution >= 4 is 44.7 Å². The number of hydrogen-bond donors (Lipinski definition) is 2. The summed E-state index contributed by atoms with van der Waals surface area (Å²) in [5.41, 5.74) is 4.09. The molecule has 0 fully saturated rings. The van der Waals surface area contributed by atoms with E-state index in [1.54, 1.807) is 25.3 Å². The molecule has 1 amide bonds. The molecule has 0 spiro atoms. The highest BCUT2D eigenvalue weighted by Crippen LogP contribution is 2.33. The molecular weight excluding hydrogens is 557 g/mol. The van der Waals surface area contributed by atoms with Crippen LogP contribution in [0.3, 0.4) is 0 Å². The standard InChI is InChI=1S/C23H30IN3O5S/c1-6-32-21-13-17(12-19(24)22(21)31-5)14-25-26-23(28)20(11-15(2)3)27-33(29,30)18-9-7-16(4)8-10-18/h7-10,12-15,20,27H,6,11H2,1-5H3,(H,26,28)/b25-14-/t20-/m0/s1. The predicted molar refractivity (Wildman–Crippen MR) is 137 cm³/mol. The van der Waals surface area contributed by atoms with E-state index in [0.717, 1.165) is 9.13 Å². The minimum atomic E-state index is -3.86. The Morgan fingerprint density at radius 3 is 2.45 bits per heavy atom. The first kappa shape index (κ1) is 27.1. The average molecular weight is 587 g/mol. The number of ether oxygens (including phenoxy) is 2. The molecule has 1 atom stereocenters. The van der Waals surface area contributed by atoms with Crippen LogP contribution in [-0.2, 0) is 14.8 Å². The van der Waals surface area contributed by atoms with Crippen molar-refractivity contribution in [2.45, 2.75) is 45.1 Å². The van der Waals surface area contributed by atoms with E-state index in [1.807, 2.05) is 33.8 Å². The van der Waals surface area contributed by atoms with Crippen LogP contribution in [0.2, 0.25) is 0 Å². The zero-order valence-corrected chi connectivity index (χ0v) is 22.4. The highest BCUT2D eigenvalue weighted by molar-refractivity contribution is 14.1. The van der Waals surface area contributed by atoms with Gasteiger partial charge in [-0.1, -0.05) is 31.5 Å². The Bertz CT molecular complexity index is 1090. The molecule has 0 aliphatic rings. The lowest BCUT2D eigenvalue weighted by Gasteiger charge is -2.19. The number of amides is 1. The molecule has 0 heterocycles. The van der Waals surface area contributed by atoms with E-state index in [1.165, 1.54) is 18.3 Å². The zero-order valence-electron chi connectivity index (χ0n) is 19.4. The number of hydrogen-bond acceptors (Lipinski definition) is 6. The Morgan fingerprint density at radius 2 is 1.88 bits per heavy atom. The van der Waals surface area contributed by atoms with Crippen LogP contribution in [0.1, 0.15) is 38.3 Å².